The second kappa shape index (κ2) is 6.03. The highest BCUT2D eigenvalue weighted by atomic mass is 35.5. The van der Waals surface area contributed by atoms with Gasteiger partial charge in [0.05, 0.1) is 10.4 Å². The third kappa shape index (κ3) is 3.57. The van der Waals surface area contributed by atoms with Crippen molar-refractivity contribution in [1.82, 2.24) is 5.32 Å². The molecular formula is C12H11Cl2NS2. The fourth-order valence-electron chi connectivity index (χ4n) is 1.49. The summed E-state index contributed by atoms with van der Waals surface area (Å²) in [6.45, 7) is 4.27. The first-order valence-corrected chi connectivity index (χ1v) is 7.47. The summed E-state index contributed by atoms with van der Waals surface area (Å²) in [5, 5.41) is 6.05. The highest BCUT2D eigenvalue weighted by Gasteiger charge is 2.16. The van der Waals surface area contributed by atoms with Crippen molar-refractivity contribution < 1.29 is 0 Å². The van der Waals surface area contributed by atoms with Crippen molar-refractivity contribution in [2.24, 2.45) is 0 Å². The second-order valence-corrected chi connectivity index (χ2v) is 6.75. The van der Waals surface area contributed by atoms with E-state index in [1.807, 2.05) is 18.2 Å². The predicted octanol–water partition coefficient (Wildman–Crippen LogP) is 4.89. The lowest BCUT2D eigenvalue weighted by atomic mass is 10.2. The molecule has 0 saturated carbocycles. The van der Waals surface area contributed by atoms with Crippen LogP contribution in [0.5, 0.6) is 0 Å². The molecule has 0 fully saturated rings. The van der Waals surface area contributed by atoms with E-state index >= 15 is 0 Å². The minimum Gasteiger partial charge on any atom is -0.300 e. The van der Waals surface area contributed by atoms with Crippen LogP contribution in [0.3, 0.4) is 0 Å². The molecule has 0 aliphatic heterocycles. The molecule has 90 valence electrons. The summed E-state index contributed by atoms with van der Waals surface area (Å²) in [5.41, 5.74) is 0. The van der Waals surface area contributed by atoms with Gasteiger partial charge in [-0.15, -0.1) is 22.7 Å². The number of rotatable bonds is 5. The molecule has 0 aliphatic carbocycles. The van der Waals surface area contributed by atoms with Crippen molar-refractivity contribution in [2.45, 2.75) is 6.04 Å². The van der Waals surface area contributed by atoms with Crippen LogP contribution >= 0.6 is 45.9 Å². The summed E-state index contributed by atoms with van der Waals surface area (Å²) < 4.78 is 0.799. The van der Waals surface area contributed by atoms with Gasteiger partial charge in [0.25, 0.3) is 0 Å². The molecule has 0 saturated heterocycles. The maximum absolute atomic E-state index is 5.98. The van der Waals surface area contributed by atoms with Crippen molar-refractivity contribution in [2.75, 3.05) is 6.54 Å². The Morgan fingerprint density at radius 1 is 1.35 bits per heavy atom. The van der Waals surface area contributed by atoms with E-state index in [0.29, 0.717) is 11.6 Å². The minimum absolute atomic E-state index is 0.142. The molecule has 0 aliphatic rings. The van der Waals surface area contributed by atoms with Crippen molar-refractivity contribution in [3.63, 3.8) is 0 Å². The van der Waals surface area contributed by atoms with Crippen LogP contribution in [0.2, 0.25) is 4.34 Å². The standard InChI is InChI=1S/C12H11Cl2NS2/c1-8(13)7-15-12(9-3-2-6-16-9)10-4-5-11(14)17-10/h2-6,12,15H,1,7H2. The second-order valence-electron chi connectivity index (χ2n) is 3.49. The molecular weight excluding hydrogens is 293 g/mol. The fourth-order valence-corrected chi connectivity index (χ4v) is 3.62. The molecule has 2 rings (SSSR count). The van der Waals surface area contributed by atoms with Gasteiger partial charge in [-0.1, -0.05) is 35.8 Å². The minimum atomic E-state index is 0.142. The quantitative estimate of drug-likeness (QED) is 0.829. The first-order valence-electron chi connectivity index (χ1n) is 5.02. The lowest BCUT2D eigenvalue weighted by molar-refractivity contribution is 0.669. The largest absolute Gasteiger partial charge is 0.300 e. The summed E-state index contributed by atoms with van der Waals surface area (Å²) in [4.78, 5) is 2.44. The van der Waals surface area contributed by atoms with Gasteiger partial charge in [-0.25, -0.2) is 0 Å². The van der Waals surface area contributed by atoms with Gasteiger partial charge in [0, 0.05) is 21.3 Å². The van der Waals surface area contributed by atoms with Crippen LogP contribution < -0.4 is 5.32 Å². The lowest BCUT2D eigenvalue weighted by Gasteiger charge is -2.15. The molecule has 1 N–H and O–H groups in total. The molecule has 1 atom stereocenters. The average Bonchev–Trinajstić information content (AvgIpc) is 2.90. The Labute approximate surface area is 119 Å². The third-order valence-corrected chi connectivity index (χ3v) is 4.57. The normalized spacial score (nSPS) is 12.6. The van der Waals surface area contributed by atoms with Gasteiger partial charge in [-0.3, -0.25) is 5.32 Å². The van der Waals surface area contributed by atoms with Crippen molar-refractivity contribution in [1.29, 1.82) is 0 Å². The van der Waals surface area contributed by atoms with Gasteiger partial charge in [0.1, 0.15) is 0 Å². The fraction of sp³-hybridized carbons (Fsp3) is 0.167. The van der Waals surface area contributed by atoms with E-state index in [2.05, 4.69) is 23.3 Å². The molecule has 2 aromatic rings. The Morgan fingerprint density at radius 2 is 2.18 bits per heavy atom. The predicted molar refractivity (Wildman–Crippen MR) is 78.5 cm³/mol. The Morgan fingerprint density at radius 3 is 2.71 bits per heavy atom. The first-order chi connectivity index (χ1) is 8.16. The van der Waals surface area contributed by atoms with E-state index < -0.39 is 0 Å². The van der Waals surface area contributed by atoms with Crippen LogP contribution in [0.15, 0.2) is 41.3 Å². The topological polar surface area (TPSA) is 12.0 Å². The Hall–Kier alpha value is -0.320. The van der Waals surface area contributed by atoms with E-state index in [9.17, 15) is 0 Å². The summed E-state index contributed by atoms with van der Waals surface area (Å²) >= 11 is 15.1. The SMILES string of the molecule is C=C(Cl)CNC(c1cccs1)c1ccc(Cl)s1. The highest BCUT2D eigenvalue weighted by molar-refractivity contribution is 7.16. The zero-order valence-electron chi connectivity index (χ0n) is 8.95. The number of halogens is 2. The Bertz CT molecular complexity index is 490. The number of hydrogen-bond donors (Lipinski definition) is 1. The zero-order chi connectivity index (χ0) is 12.3. The smallest absolute Gasteiger partial charge is 0.0931 e. The van der Waals surface area contributed by atoms with Crippen molar-refractivity contribution in [3.05, 3.63) is 55.3 Å². The first kappa shape index (κ1) is 13.1. The number of thiophene rings is 2. The molecule has 0 bridgehead atoms. The van der Waals surface area contributed by atoms with E-state index in [4.69, 9.17) is 23.2 Å². The monoisotopic (exact) mass is 303 g/mol. The molecule has 2 heterocycles. The van der Waals surface area contributed by atoms with E-state index in [1.165, 1.54) is 9.75 Å². The van der Waals surface area contributed by atoms with Crippen LogP contribution in [0, 0.1) is 0 Å². The van der Waals surface area contributed by atoms with E-state index in [-0.39, 0.29) is 6.04 Å². The van der Waals surface area contributed by atoms with Gasteiger partial charge < -0.3 is 0 Å². The van der Waals surface area contributed by atoms with Gasteiger partial charge in [-0.2, -0.15) is 0 Å². The molecule has 2 aromatic heterocycles. The molecule has 0 aromatic carbocycles. The Kier molecular flexibility index (Phi) is 4.65. The molecule has 1 nitrogen and oxygen atoms in total. The lowest BCUT2D eigenvalue weighted by Crippen LogP contribution is -2.21. The average molecular weight is 304 g/mol. The molecule has 0 amide bonds. The van der Waals surface area contributed by atoms with Gasteiger partial charge in [-0.05, 0) is 23.6 Å². The molecule has 17 heavy (non-hydrogen) atoms. The van der Waals surface area contributed by atoms with E-state index in [1.54, 1.807) is 22.7 Å². The summed E-state index contributed by atoms with van der Waals surface area (Å²) in [7, 11) is 0. The van der Waals surface area contributed by atoms with Crippen molar-refractivity contribution in [3.8, 4) is 0 Å². The van der Waals surface area contributed by atoms with E-state index in [0.717, 1.165) is 4.34 Å². The molecule has 0 radical (unpaired) electrons. The van der Waals surface area contributed by atoms with Gasteiger partial charge in [0.15, 0.2) is 0 Å². The number of nitrogens with one attached hydrogen (secondary N) is 1. The van der Waals surface area contributed by atoms with Gasteiger partial charge in [0.2, 0.25) is 0 Å². The highest BCUT2D eigenvalue weighted by Crippen LogP contribution is 2.33. The van der Waals surface area contributed by atoms with Crippen molar-refractivity contribution >= 4 is 45.9 Å². The molecule has 0 spiro atoms. The maximum Gasteiger partial charge on any atom is 0.0931 e. The van der Waals surface area contributed by atoms with Gasteiger partial charge >= 0.3 is 0 Å². The number of hydrogen-bond acceptors (Lipinski definition) is 3. The maximum atomic E-state index is 5.98. The Balaban J connectivity index is 2.21. The van der Waals surface area contributed by atoms with Crippen LogP contribution in [-0.4, -0.2) is 6.54 Å². The van der Waals surface area contributed by atoms with Crippen LogP contribution in [0.4, 0.5) is 0 Å². The van der Waals surface area contributed by atoms with Crippen LogP contribution in [0.1, 0.15) is 15.8 Å². The zero-order valence-corrected chi connectivity index (χ0v) is 12.1. The van der Waals surface area contributed by atoms with Crippen LogP contribution in [0.25, 0.3) is 0 Å². The van der Waals surface area contributed by atoms with Crippen LogP contribution in [-0.2, 0) is 0 Å². The summed E-state index contributed by atoms with van der Waals surface area (Å²) in [6, 6.07) is 8.25. The summed E-state index contributed by atoms with van der Waals surface area (Å²) in [5.74, 6) is 0. The molecule has 5 heteroatoms. The third-order valence-electron chi connectivity index (χ3n) is 2.20. The summed E-state index contributed by atoms with van der Waals surface area (Å²) in [6.07, 6.45) is 0. The molecule has 1 unspecified atom stereocenters.